The molecule has 1 rings (SSSR count). The van der Waals surface area contributed by atoms with Crippen LogP contribution in [0.25, 0.3) is 0 Å². The molecule has 78 valence electrons. The molecule has 0 N–H and O–H groups in total. The number of hydrogen-bond acceptors (Lipinski definition) is 1. The summed E-state index contributed by atoms with van der Waals surface area (Å²) >= 11 is 3.63. The molecule has 1 fully saturated rings. The normalized spacial score (nSPS) is 21.5. The zero-order valence-corrected chi connectivity index (χ0v) is 10.4. The van der Waals surface area contributed by atoms with Gasteiger partial charge >= 0.3 is 0 Å². The van der Waals surface area contributed by atoms with E-state index in [1.165, 1.54) is 19.3 Å². The smallest absolute Gasteiger partial charge is 0.0471 e. The van der Waals surface area contributed by atoms with Crippen LogP contribution in [0.15, 0.2) is 0 Å². The summed E-state index contributed by atoms with van der Waals surface area (Å²) in [5, 5.41) is 1.13. The summed E-state index contributed by atoms with van der Waals surface area (Å²) in [6, 6.07) is 0. The fourth-order valence-electron chi connectivity index (χ4n) is 1.71. The zero-order valence-electron chi connectivity index (χ0n) is 8.81. The third kappa shape index (κ3) is 3.59. The molecule has 1 saturated carbocycles. The average molecular weight is 249 g/mol. The van der Waals surface area contributed by atoms with Crippen LogP contribution in [0.4, 0.5) is 0 Å². The van der Waals surface area contributed by atoms with Crippen molar-refractivity contribution in [1.29, 1.82) is 0 Å². The van der Waals surface area contributed by atoms with Gasteiger partial charge in [-0.15, -0.1) is 0 Å². The lowest BCUT2D eigenvalue weighted by atomic mass is 9.84. The van der Waals surface area contributed by atoms with Crippen molar-refractivity contribution in [2.45, 2.75) is 39.5 Å². The van der Waals surface area contributed by atoms with E-state index in [0.717, 1.165) is 30.9 Å². The molecule has 1 unspecified atom stereocenters. The van der Waals surface area contributed by atoms with E-state index < -0.39 is 0 Å². The third-order valence-electron chi connectivity index (χ3n) is 3.03. The molecule has 0 bridgehead atoms. The molecular formula is C11H21BrO. The Morgan fingerprint density at radius 3 is 2.54 bits per heavy atom. The number of ether oxygens (including phenoxy) is 1. The minimum absolute atomic E-state index is 0.494. The van der Waals surface area contributed by atoms with Crippen LogP contribution in [0.3, 0.4) is 0 Å². The molecule has 1 aliphatic carbocycles. The maximum absolute atomic E-state index is 5.54. The average Bonchev–Trinajstić information content (AvgIpc) is 2.95. The lowest BCUT2D eigenvalue weighted by Gasteiger charge is -2.27. The van der Waals surface area contributed by atoms with Gasteiger partial charge in [0, 0.05) is 18.5 Å². The fraction of sp³-hybridized carbons (Fsp3) is 1.00. The van der Waals surface area contributed by atoms with Crippen molar-refractivity contribution in [3.63, 3.8) is 0 Å². The van der Waals surface area contributed by atoms with Gasteiger partial charge in [0.05, 0.1) is 0 Å². The molecule has 2 heteroatoms. The standard InChI is InChI=1S/C11H21BrO/c1-3-7-13-8-6-11(2,9-12)10-4-5-10/h10H,3-9H2,1-2H3. The summed E-state index contributed by atoms with van der Waals surface area (Å²) in [6.45, 7) is 6.40. The second-order valence-electron chi connectivity index (χ2n) is 4.42. The highest BCUT2D eigenvalue weighted by molar-refractivity contribution is 9.09. The van der Waals surface area contributed by atoms with Gasteiger partial charge in [-0.25, -0.2) is 0 Å². The van der Waals surface area contributed by atoms with Crippen molar-refractivity contribution in [1.82, 2.24) is 0 Å². The van der Waals surface area contributed by atoms with Crippen LogP contribution >= 0.6 is 15.9 Å². The minimum atomic E-state index is 0.494. The van der Waals surface area contributed by atoms with Gasteiger partial charge in [0.15, 0.2) is 0 Å². The monoisotopic (exact) mass is 248 g/mol. The van der Waals surface area contributed by atoms with Gasteiger partial charge in [-0.05, 0) is 37.0 Å². The summed E-state index contributed by atoms with van der Waals surface area (Å²) < 4.78 is 5.54. The summed E-state index contributed by atoms with van der Waals surface area (Å²) in [7, 11) is 0. The Balaban J connectivity index is 2.15. The molecule has 1 nitrogen and oxygen atoms in total. The van der Waals surface area contributed by atoms with E-state index in [-0.39, 0.29) is 0 Å². The molecule has 1 atom stereocenters. The van der Waals surface area contributed by atoms with E-state index in [0.29, 0.717) is 5.41 Å². The largest absolute Gasteiger partial charge is 0.381 e. The Morgan fingerprint density at radius 1 is 1.38 bits per heavy atom. The molecule has 0 saturated heterocycles. The van der Waals surface area contributed by atoms with Gasteiger partial charge in [0.1, 0.15) is 0 Å². The Morgan fingerprint density at radius 2 is 2.08 bits per heavy atom. The van der Waals surface area contributed by atoms with E-state index in [1.807, 2.05) is 0 Å². The molecule has 0 aromatic carbocycles. The van der Waals surface area contributed by atoms with Crippen molar-refractivity contribution >= 4 is 15.9 Å². The first kappa shape index (κ1) is 11.5. The summed E-state index contributed by atoms with van der Waals surface area (Å²) in [5.41, 5.74) is 0.494. The molecule has 0 aromatic heterocycles. The maximum Gasteiger partial charge on any atom is 0.0471 e. The highest BCUT2D eigenvalue weighted by atomic mass is 79.9. The molecule has 0 spiro atoms. The van der Waals surface area contributed by atoms with Gasteiger partial charge < -0.3 is 4.74 Å². The first-order valence-electron chi connectivity index (χ1n) is 5.36. The van der Waals surface area contributed by atoms with Gasteiger partial charge in [0.25, 0.3) is 0 Å². The molecular weight excluding hydrogens is 228 g/mol. The molecule has 13 heavy (non-hydrogen) atoms. The molecule has 0 aromatic rings. The first-order chi connectivity index (χ1) is 6.23. The number of rotatable bonds is 7. The lowest BCUT2D eigenvalue weighted by molar-refractivity contribution is 0.0994. The Bertz CT molecular complexity index is 145. The summed E-state index contributed by atoms with van der Waals surface area (Å²) in [6.07, 6.45) is 5.20. The SMILES string of the molecule is CCCOCCC(C)(CBr)C1CC1. The maximum atomic E-state index is 5.54. The van der Waals surface area contributed by atoms with Crippen LogP contribution in [-0.2, 0) is 4.74 Å². The van der Waals surface area contributed by atoms with Crippen LogP contribution in [0.5, 0.6) is 0 Å². The van der Waals surface area contributed by atoms with Gasteiger partial charge in [-0.2, -0.15) is 0 Å². The second-order valence-corrected chi connectivity index (χ2v) is 4.99. The van der Waals surface area contributed by atoms with Gasteiger partial charge in [-0.3, -0.25) is 0 Å². The molecule has 0 amide bonds. The Labute approximate surface area is 90.4 Å². The van der Waals surface area contributed by atoms with Crippen LogP contribution in [0, 0.1) is 11.3 Å². The van der Waals surface area contributed by atoms with E-state index in [2.05, 4.69) is 29.8 Å². The third-order valence-corrected chi connectivity index (χ3v) is 4.32. The van der Waals surface area contributed by atoms with E-state index in [4.69, 9.17) is 4.74 Å². The van der Waals surface area contributed by atoms with Crippen molar-refractivity contribution in [2.24, 2.45) is 11.3 Å². The van der Waals surface area contributed by atoms with Crippen LogP contribution in [0.2, 0.25) is 0 Å². The van der Waals surface area contributed by atoms with Crippen molar-refractivity contribution < 1.29 is 4.74 Å². The lowest BCUT2D eigenvalue weighted by Crippen LogP contribution is -2.23. The molecule has 1 aliphatic rings. The predicted octanol–water partition coefficient (Wildman–Crippen LogP) is 3.61. The van der Waals surface area contributed by atoms with Gasteiger partial charge in [-0.1, -0.05) is 29.8 Å². The van der Waals surface area contributed by atoms with Crippen molar-refractivity contribution in [3.8, 4) is 0 Å². The second kappa shape index (κ2) is 5.35. The van der Waals surface area contributed by atoms with E-state index in [1.54, 1.807) is 0 Å². The molecule has 0 radical (unpaired) electrons. The van der Waals surface area contributed by atoms with E-state index in [9.17, 15) is 0 Å². The van der Waals surface area contributed by atoms with Crippen molar-refractivity contribution in [3.05, 3.63) is 0 Å². The molecule has 0 aliphatic heterocycles. The Kier molecular flexibility index (Phi) is 4.74. The number of halogens is 1. The zero-order chi connectivity index (χ0) is 9.73. The van der Waals surface area contributed by atoms with Crippen LogP contribution < -0.4 is 0 Å². The number of hydrogen-bond donors (Lipinski definition) is 0. The highest BCUT2D eigenvalue weighted by Gasteiger charge is 2.40. The number of alkyl halides is 1. The summed E-state index contributed by atoms with van der Waals surface area (Å²) in [4.78, 5) is 0. The quantitative estimate of drug-likeness (QED) is 0.494. The summed E-state index contributed by atoms with van der Waals surface area (Å²) in [5.74, 6) is 0.956. The molecule has 0 heterocycles. The fourth-order valence-corrected chi connectivity index (χ4v) is 2.45. The Hall–Kier alpha value is 0.440. The topological polar surface area (TPSA) is 9.23 Å². The first-order valence-corrected chi connectivity index (χ1v) is 6.49. The van der Waals surface area contributed by atoms with Crippen LogP contribution in [-0.4, -0.2) is 18.5 Å². The highest BCUT2D eigenvalue weighted by Crippen LogP contribution is 2.48. The van der Waals surface area contributed by atoms with Gasteiger partial charge in [0.2, 0.25) is 0 Å². The van der Waals surface area contributed by atoms with E-state index >= 15 is 0 Å². The minimum Gasteiger partial charge on any atom is -0.381 e. The van der Waals surface area contributed by atoms with Crippen molar-refractivity contribution in [2.75, 3.05) is 18.5 Å². The van der Waals surface area contributed by atoms with Crippen LogP contribution in [0.1, 0.15) is 39.5 Å². The predicted molar refractivity (Wildman–Crippen MR) is 60.4 cm³/mol.